The van der Waals surface area contributed by atoms with Gasteiger partial charge in [0, 0.05) is 18.1 Å². The zero-order valence-electron chi connectivity index (χ0n) is 9.42. The van der Waals surface area contributed by atoms with Crippen molar-refractivity contribution in [2.75, 3.05) is 6.54 Å². The molecule has 104 valence electrons. The van der Waals surface area contributed by atoms with Crippen LogP contribution in [0.1, 0.15) is 11.4 Å². The highest BCUT2D eigenvalue weighted by Gasteiger charge is 2.38. The fourth-order valence-electron chi connectivity index (χ4n) is 1.53. The van der Waals surface area contributed by atoms with Crippen LogP contribution in [0, 0.1) is 0 Å². The molecule has 1 aliphatic rings. The van der Waals surface area contributed by atoms with Gasteiger partial charge in [-0.3, -0.25) is 9.35 Å². The van der Waals surface area contributed by atoms with Crippen LogP contribution >= 0.6 is 11.3 Å². The number of carbonyl (C=O) groups is 1. The van der Waals surface area contributed by atoms with Crippen molar-refractivity contribution in [3.8, 4) is 0 Å². The number of hydrogen-bond acceptors (Lipinski definition) is 7. The molecule has 1 amide bonds. The molecular weight excluding hydrogens is 296 g/mol. The zero-order chi connectivity index (χ0) is 14.0. The van der Waals surface area contributed by atoms with Crippen LogP contribution in [0.4, 0.5) is 0 Å². The zero-order valence-corrected chi connectivity index (χ0v) is 11.1. The van der Waals surface area contributed by atoms with Crippen molar-refractivity contribution in [1.29, 1.82) is 0 Å². The van der Waals surface area contributed by atoms with Crippen molar-refractivity contribution in [2.45, 2.75) is 12.6 Å². The number of thiazole rings is 1. The lowest BCUT2D eigenvalue weighted by atomic mass is 10.2. The largest absolute Gasteiger partial charge is 0.410 e. The molecule has 1 saturated heterocycles. The van der Waals surface area contributed by atoms with E-state index in [0.29, 0.717) is 6.42 Å². The van der Waals surface area contributed by atoms with Gasteiger partial charge in [0.05, 0.1) is 6.17 Å². The van der Waals surface area contributed by atoms with Gasteiger partial charge in [0.25, 0.3) is 5.91 Å². The lowest BCUT2D eigenvalue weighted by molar-refractivity contribution is -0.117. The molecule has 1 aromatic heterocycles. The quantitative estimate of drug-likeness (QED) is 0.291. The molecule has 0 saturated carbocycles. The summed E-state index contributed by atoms with van der Waals surface area (Å²) in [4.78, 5) is 15.6. The highest BCUT2D eigenvalue weighted by Crippen LogP contribution is 2.18. The molecule has 0 bridgehead atoms. The van der Waals surface area contributed by atoms with Crippen LogP contribution in [0.5, 0.6) is 0 Å². The Balaban J connectivity index is 2.06. The summed E-state index contributed by atoms with van der Waals surface area (Å²) in [6.45, 7) is 0.118. The van der Waals surface area contributed by atoms with Gasteiger partial charge in [-0.2, -0.15) is 12.7 Å². The summed E-state index contributed by atoms with van der Waals surface area (Å²) in [5.41, 5.74) is -0.308. The van der Waals surface area contributed by atoms with E-state index >= 15 is 0 Å². The summed E-state index contributed by atoms with van der Waals surface area (Å²) in [5.74, 6) is -0.768. The molecule has 19 heavy (non-hydrogen) atoms. The number of oxime groups is 1. The molecule has 2 heterocycles. The van der Waals surface area contributed by atoms with Crippen molar-refractivity contribution in [1.82, 2.24) is 14.6 Å². The van der Waals surface area contributed by atoms with E-state index in [1.54, 1.807) is 5.38 Å². The third-order valence-electron chi connectivity index (χ3n) is 2.51. The van der Waals surface area contributed by atoms with Gasteiger partial charge in [-0.15, -0.1) is 11.3 Å². The van der Waals surface area contributed by atoms with Crippen LogP contribution in [0.25, 0.3) is 0 Å². The number of rotatable bonds is 4. The second kappa shape index (κ2) is 5.21. The minimum absolute atomic E-state index is 0.118. The normalized spacial score (nSPS) is 20.9. The predicted molar refractivity (Wildman–Crippen MR) is 65.2 cm³/mol. The maximum absolute atomic E-state index is 11.8. The van der Waals surface area contributed by atoms with E-state index in [0.717, 1.165) is 15.6 Å². The van der Waals surface area contributed by atoms with Crippen molar-refractivity contribution < 1.29 is 23.0 Å². The molecule has 0 radical (unpaired) electrons. The molecule has 1 aromatic rings. The first kappa shape index (κ1) is 13.9. The fourth-order valence-corrected chi connectivity index (χ4v) is 2.96. The highest BCUT2D eigenvalue weighted by molar-refractivity contribution is 7.83. The van der Waals surface area contributed by atoms with Crippen molar-refractivity contribution in [2.24, 2.45) is 5.16 Å². The lowest BCUT2D eigenvalue weighted by Gasteiger charge is -2.37. The number of nitrogens with zero attached hydrogens (tertiary/aromatic N) is 3. The van der Waals surface area contributed by atoms with Crippen LogP contribution < -0.4 is 5.32 Å². The van der Waals surface area contributed by atoms with Crippen LogP contribution in [-0.2, 0) is 15.1 Å². The van der Waals surface area contributed by atoms with Gasteiger partial charge in [-0.25, -0.2) is 4.98 Å². The first-order valence-electron chi connectivity index (χ1n) is 5.10. The molecule has 9 nitrogen and oxygen atoms in total. The van der Waals surface area contributed by atoms with E-state index < -0.39 is 22.4 Å². The van der Waals surface area contributed by atoms with E-state index in [1.165, 1.54) is 6.20 Å². The van der Waals surface area contributed by atoms with E-state index in [4.69, 9.17) is 9.76 Å². The molecular formula is C8H10N4O5S2. The molecule has 0 aromatic carbocycles. The van der Waals surface area contributed by atoms with Gasteiger partial charge in [-0.05, 0) is 6.42 Å². The molecule has 1 unspecified atom stereocenters. The third-order valence-corrected chi connectivity index (χ3v) is 4.32. The standard InChI is InChI=1S/C8H10N4O5S2/c13-7(6(11-14)8-9-2-4-18-8)10-5-1-3-12(5)19(15,16)17/h2,4-5,14H,1,3H2,(H,10,13)(H,15,16,17). The Hall–Kier alpha value is -1.56. The second-order valence-corrected chi connectivity index (χ2v) is 5.91. The summed E-state index contributed by atoms with van der Waals surface area (Å²) in [7, 11) is -4.34. The fraction of sp³-hybridized carbons (Fsp3) is 0.375. The topological polar surface area (TPSA) is 132 Å². The second-order valence-electron chi connectivity index (χ2n) is 3.65. The number of aromatic nitrogens is 1. The molecule has 0 aliphatic carbocycles. The maximum Gasteiger partial charge on any atom is 0.337 e. The van der Waals surface area contributed by atoms with E-state index in [-0.39, 0.29) is 17.3 Å². The lowest BCUT2D eigenvalue weighted by Crippen LogP contribution is -2.60. The molecule has 11 heteroatoms. The van der Waals surface area contributed by atoms with Gasteiger partial charge in [0.15, 0.2) is 5.01 Å². The van der Waals surface area contributed by atoms with Gasteiger partial charge < -0.3 is 10.5 Å². The Kier molecular flexibility index (Phi) is 3.80. The monoisotopic (exact) mass is 306 g/mol. The predicted octanol–water partition coefficient (Wildman–Crippen LogP) is -0.728. The number of carbonyl (C=O) groups excluding carboxylic acids is 1. The minimum Gasteiger partial charge on any atom is -0.410 e. The molecule has 2 rings (SSSR count). The first-order valence-corrected chi connectivity index (χ1v) is 7.38. The van der Waals surface area contributed by atoms with Crippen molar-refractivity contribution in [3.63, 3.8) is 0 Å². The average Bonchev–Trinajstić information content (AvgIpc) is 2.76. The van der Waals surface area contributed by atoms with Crippen LogP contribution in [-0.4, -0.2) is 51.8 Å². The third kappa shape index (κ3) is 2.89. The van der Waals surface area contributed by atoms with E-state index in [1.807, 2.05) is 0 Å². The smallest absolute Gasteiger partial charge is 0.337 e. The Morgan fingerprint density at radius 3 is 2.79 bits per heavy atom. The summed E-state index contributed by atoms with van der Waals surface area (Å²) in [5, 5.41) is 15.8. The summed E-state index contributed by atoms with van der Waals surface area (Å²) < 4.78 is 31.4. The van der Waals surface area contributed by atoms with Crippen molar-refractivity contribution in [3.05, 3.63) is 16.6 Å². The molecule has 1 aliphatic heterocycles. The number of amides is 1. The Morgan fingerprint density at radius 2 is 2.37 bits per heavy atom. The first-order chi connectivity index (χ1) is 8.93. The Morgan fingerprint density at radius 1 is 1.63 bits per heavy atom. The van der Waals surface area contributed by atoms with Gasteiger partial charge in [0.1, 0.15) is 0 Å². The average molecular weight is 306 g/mol. The van der Waals surface area contributed by atoms with Crippen LogP contribution in [0.3, 0.4) is 0 Å². The van der Waals surface area contributed by atoms with Gasteiger partial charge in [0.2, 0.25) is 5.71 Å². The molecule has 3 N–H and O–H groups in total. The van der Waals surface area contributed by atoms with Crippen molar-refractivity contribution >= 4 is 33.3 Å². The van der Waals surface area contributed by atoms with E-state index in [9.17, 15) is 13.2 Å². The molecule has 1 atom stereocenters. The van der Waals surface area contributed by atoms with Gasteiger partial charge in [-0.1, -0.05) is 5.16 Å². The number of hydrogen-bond donors (Lipinski definition) is 3. The Bertz CT molecular complexity index is 597. The highest BCUT2D eigenvalue weighted by atomic mass is 32.2. The summed E-state index contributed by atoms with van der Waals surface area (Å²) in [6, 6.07) is 0. The summed E-state index contributed by atoms with van der Waals surface area (Å²) in [6.07, 6.45) is 0.952. The van der Waals surface area contributed by atoms with Crippen LogP contribution in [0.15, 0.2) is 16.7 Å². The molecule has 1 fully saturated rings. The molecule has 0 spiro atoms. The maximum atomic E-state index is 11.8. The van der Waals surface area contributed by atoms with Gasteiger partial charge >= 0.3 is 10.3 Å². The number of nitrogens with one attached hydrogen (secondary N) is 1. The van der Waals surface area contributed by atoms with Crippen LogP contribution in [0.2, 0.25) is 0 Å². The Labute approximate surface area is 112 Å². The summed E-state index contributed by atoms with van der Waals surface area (Å²) >= 11 is 1.10. The SMILES string of the molecule is O=C(NC1CCN1S(=O)(=O)O)C(=NO)c1nccs1. The minimum atomic E-state index is -4.34. The van der Waals surface area contributed by atoms with E-state index in [2.05, 4.69) is 15.5 Å².